The van der Waals surface area contributed by atoms with Crippen molar-refractivity contribution in [2.45, 2.75) is 30.0 Å². The van der Waals surface area contributed by atoms with E-state index in [2.05, 4.69) is 10.3 Å². The molecule has 1 N–H and O–H groups in total. The summed E-state index contributed by atoms with van der Waals surface area (Å²) in [5.41, 5.74) is 0.998. The van der Waals surface area contributed by atoms with Crippen molar-refractivity contribution in [1.82, 2.24) is 9.55 Å². The largest absolute Gasteiger partial charge is 0.321 e. The lowest BCUT2D eigenvalue weighted by Gasteiger charge is -2.11. The lowest BCUT2D eigenvalue weighted by Crippen LogP contribution is -2.21. The van der Waals surface area contributed by atoms with Gasteiger partial charge in [-0.15, -0.1) is 0 Å². The first-order valence-electron chi connectivity index (χ1n) is 8.41. The highest BCUT2D eigenvalue weighted by Crippen LogP contribution is 2.32. The van der Waals surface area contributed by atoms with E-state index in [0.29, 0.717) is 40.5 Å². The van der Waals surface area contributed by atoms with Crippen molar-refractivity contribution in [1.29, 1.82) is 0 Å². The molecule has 0 spiro atoms. The Bertz CT molecular complexity index is 1100. The van der Waals surface area contributed by atoms with Gasteiger partial charge < -0.3 is 5.32 Å². The van der Waals surface area contributed by atoms with Crippen LogP contribution in [0.25, 0.3) is 10.9 Å². The van der Waals surface area contributed by atoms with Crippen LogP contribution in [0.2, 0.25) is 0 Å². The fourth-order valence-corrected chi connectivity index (χ4v) is 3.78. The Morgan fingerprint density at radius 3 is 2.85 bits per heavy atom. The number of nitrogens with one attached hydrogen (secondary N) is 1. The number of hydrogen-bond acceptors (Lipinski definition) is 4. The van der Waals surface area contributed by atoms with Gasteiger partial charge in [-0.3, -0.25) is 14.2 Å². The molecule has 27 heavy (non-hydrogen) atoms. The third-order valence-electron chi connectivity index (χ3n) is 4.43. The second kappa shape index (κ2) is 7.11. The van der Waals surface area contributed by atoms with E-state index >= 15 is 0 Å². The molecule has 1 aromatic heterocycles. The number of halogens is 2. The van der Waals surface area contributed by atoms with Crippen LogP contribution in [-0.2, 0) is 13.0 Å². The molecule has 0 radical (unpaired) electrons. The number of benzene rings is 2. The van der Waals surface area contributed by atoms with Crippen LogP contribution in [0.5, 0.6) is 0 Å². The molecule has 1 aliphatic heterocycles. The minimum atomic E-state index is -2.58. The molecule has 0 aliphatic carbocycles. The Morgan fingerprint density at radius 2 is 2.04 bits per heavy atom. The first-order chi connectivity index (χ1) is 13.0. The molecule has 1 amide bonds. The van der Waals surface area contributed by atoms with Crippen LogP contribution < -0.4 is 10.9 Å². The standard InChI is InChI=1S/C19H15F2N3O2S/c20-19(21)27-15-5-2-1-4-13(15)23-17(25)11-7-8-12-14(10-11)22-16-6-3-9-24(16)18(12)26/h1-2,4-5,7-8,10,19H,3,6,9H2,(H,23,25). The van der Waals surface area contributed by atoms with Gasteiger partial charge >= 0.3 is 0 Å². The van der Waals surface area contributed by atoms with E-state index in [1.807, 2.05) is 0 Å². The number of aromatic nitrogens is 2. The molecule has 0 saturated heterocycles. The third-order valence-corrected chi connectivity index (χ3v) is 5.22. The van der Waals surface area contributed by atoms with E-state index in [1.54, 1.807) is 41.0 Å². The van der Waals surface area contributed by atoms with Gasteiger partial charge in [0.2, 0.25) is 0 Å². The van der Waals surface area contributed by atoms with Gasteiger partial charge in [-0.05, 0) is 36.8 Å². The number of para-hydroxylation sites is 1. The highest BCUT2D eigenvalue weighted by atomic mass is 32.2. The van der Waals surface area contributed by atoms with E-state index in [-0.39, 0.29) is 10.5 Å². The second-order valence-electron chi connectivity index (χ2n) is 6.15. The van der Waals surface area contributed by atoms with Gasteiger partial charge in [0.25, 0.3) is 17.2 Å². The molecule has 138 valence electrons. The number of fused-ring (bicyclic) bond motifs is 2. The predicted octanol–water partition coefficient (Wildman–Crippen LogP) is 3.91. The molecule has 3 aromatic rings. The predicted molar refractivity (Wildman–Crippen MR) is 101 cm³/mol. The van der Waals surface area contributed by atoms with Crippen molar-refractivity contribution < 1.29 is 13.6 Å². The minimum absolute atomic E-state index is 0.0989. The zero-order valence-corrected chi connectivity index (χ0v) is 14.9. The summed E-state index contributed by atoms with van der Waals surface area (Å²) in [6.07, 6.45) is 1.62. The molecule has 0 fully saturated rings. The third kappa shape index (κ3) is 3.44. The van der Waals surface area contributed by atoms with Crippen molar-refractivity contribution in [3.05, 3.63) is 64.2 Å². The van der Waals surface area contributed by atoms with Gasteiger partial charge in [-0.25, -0.2) is 4.98 Å². The lowest BCUT2D eigenvalue weighted by molar-refractivity contribution is 0.102. The zero-order valence-electron chi connectivity index (χ0n) is 14.1. The summed E-state index contributed by atoms with van der Waals surface area (Å²) in [5.74, 6) is -2.30. The van der Waals surface area contributed by atoms with E-state index < -0.39 is 11.7 Å². The topological polar surface area (TPSA) is 64.0 Å². The first kappa shape index (κ1) is 17.7. The van der Waals surface area contributed by atoms with Gasteiger partial charge in [0.1, 0.15) is 5.82 Å². The molecule has 0 bridgehead atoms. The number of hydrogen-bond donors (Lipinski definition) is 1. The molecule has 0 atom stereocenters. The minimum Gasteiger partial charge on any atom is -0.321 e. The van der Waals surface area contributed by atoms with E-state index in [4.69, 9.17) is 0 Å². The number of amides is 1. The quantitative estimate of drug-likeness (QED) is 0.690. The Balaban J connectivity index is 1.66. The molecule has 4 rings (SSSR count). The monoisotopic (exact) mass is 387 g/mol. The molecule has 2 aromatic carbocycles. The van der Waals surface area contributed by atoms with Crippen molar-refractivity contribution >= 4 is 34.3 Å². The normalized spacial score (nSPS) is 13.1. The van der Waals surface area contributed by atoms with Gasteiger partial charge in [0, 0.05) is 23.4 Å². The Morgan fingerprint density at radius 1 is 1.22 bits per heavy atom. The Labute approximate surface area is 157 Å². The van der Waals surface area contributed by atoms with Crippen molar-refractivity contribution in [3.63, 3.8) is 0 Å². The molecular weight excluding hydrogens is 372 g/mol. The molecular formula is C19H15F2N3O2S. The molecule has 2 heterocycles. The molecule has 8 heteroatoms. The van der Waals surface area contributed by atoms with Gasteiger partial charge in [0.15, 0.2) is 0 Å². The second-order valence-corrected chi connectivity index (χ2v) is 7.18. The smallest absolute Gasteiger partial charge is 0.288 e. The number of anilines is 1. The van der Waals surface area contributed by atoms with Gasteiger partial charge in [0.05, 0.1) is 16.6 Å². The number of nitrogens with zero attached hydrogens (tertiary/aromatic N) is 2. The molecule has 5 nitrogen and oxygen atoms in total. The molecule has 0 unspecified atom stereocenters. The van der Waals surface area contributed by atoms with Crippen LogP contribution in [0.4, 0.5) is 14.5 Å². The lowest BCUT2D eigenvalue weighted by atomic mass is 10.1. The van der Waals surface area contributed by atoms with Crippen molar-refractivity contribution in [2.75, 3.05) is 5.32 Å². The summed E-state index contributed by atoms with van der Waals surface area (Å²) in [4.78, 5) is 29.9. The average Bonchev–Trinajstić information content (AvgIpc) is 3.11. The summed E-state index contributed by atoms with van der Waals surface area (Å²) in [7, 11) is 0. The zero-order chi connectivity index (χ0) is 19.0. The van der Waals surface area contributed by atoms with Crippen LogP contribution in [-0.4, -0.2) is 21.2 Å². The molecule has 0 saturated carbocycles. The maximum Gasteiger partial charge on any atom is 0.288 e. The van der Waals surface area contributed by atoms with E-state index in [1.165, 1.54) is 6.07 Å². The maximum absolute atomic E-state index is 12.7. The summed E-state index contributed by atoms with van der Waals surface area (Å²) < 4.78 is 27.1. The van der Waals surface area contributed by atoms with Crippen LogP contribution in [0.3, 0.4) is 0 Å². The number of aryl methyl sites for hydroxylation is 1. The fourth-order valence-electron chi connectivity index (χ4n) is 3.19. The first-order valence-corrected chi connectivity index (χ1v) is 9.29. The highest BCUT2D eigenvalue weighted by molar-refractivity contribution is 7.99. The fraction of sp³-hybridized carbons (Fsp3) is 0.211. The number of alkyl halides is 2. The van der Waals surface area contributed by atoms with E-state index in [0.717, 1.165) is 18.7 Å². The summed E-state index contributed by atoms with van der Waals surface area (Å²) in [5, 5.41) is 3.12. The average molecular weight is 387 g/mol. The summed E-state index contributed by atoms with van der Waals surface area (Å²) in [6.45, 7) is 0.665. The van der Waals surface area contributed by atoms with Crippen molar-refractivity contribution in [2.24, 2.45) is 0 Å². The van der Waals surface area contributed by atoms with E-state index in [9.17, 15) is 18.4 Å². The SMILES string of the molecule is O=C(Nc1ccccc1SC(F)F)c1ccc2c(=O)n3c(nc2c1)CCC3. The van der Waals surface area contributed by atoms with Crippen LogP contribution in [0.15, 0.2) is 52.2 Å². The van der Waals surface area contributed by atoms with Crippen LogP contribution in [0, 0.1) is 0 Å². The summed E-state index contributed by atoms with van der Waals surface area (Å²) in [6, 6.07) is 11.1. The number of rotatable bonds is 4. The number of carbonyl (C=O) groups is 1. The van der Waals surface area contributed by atoms with Crippen LogP contribution >= 0.6 is 11.8 Å². The Hall–Kier alpha value is -2.74. The van der Waals surface area contributed by atoms with Crippen molar-refractivity contribution in [3.8, 4) is 0 Å². The van der Waals surface area contributed by atoms with Gasteiger partial charge in [-0.2, -0.15) is 8.78 Å². The Kier molecular flexibility index (Phi) is 4.65. The summed E-state index contributed by atoms with van der Waals surface area (Å²) >= 11 is 0.376. The maximum atomic E-state index is 12.7. The van der Waals surface area contributed by atoms with Gasteiger partial charge in [-0.1, -0.05) is 23.9 Å². The molecule has 1 aliphatic rings. The highest BCUT2D eigenvalue weighted by Gasteiger charge is 2.18. The van der Waals surface area contributed by atoms with Crippen LogP contribution in [0.1, 0.15) is 22.6 Å². The number of carbonyl (C=O) groups excluding carboxylic acids is 1. The number of thioether (sulfide) groups is 1.